The van der Waals surface area contributed by atoms with Crippen molar-refractivity contribution in [1.29, 1.82) is 0 Å². The van der Waals surface area contributed by atoms with Gasteiger partial charge in [-0.25, -0.2) is 4.79 Å². The van der Waals surface area contributed by atoms with E-state index in [1.165, 1.54) is 0 Å². The van der Waals surface area contributed by atoms with Gasteiger partial charge in [-0.2, -0.15) is 0 Å². The number of carbonyl (C=O) groups is 1. The van der Waals surface area contributed by atoms with Gasteiger partial charge in [-0.15, -0.1) is 0 Å². The zero-order valence-electron chi connectivity index (χ0n) is 17.6. The molecule has 0 aliphatic carbocycles. The van der Waals surface area contributed by atoms with Crippen LogP contribution in [0.2, 0.25) is 0 Å². The molecule has 8 nitrogen and oxygen atoms in total. The van der Waals surface area contributed by atoms with E-state index in [-0.39, 0.29) is 12.1 Å². The minimum absolute atomic E-state index is 0.133. The Bertz CT molecular complexity index is 657. The molecule has 1 N–H and O–H groups in total. The smallest absolute Gasteiger partial charge is 0.409 e. The first-order valence-corrected chi connectivity index (χ1v) is 9.68. The van der Waals surface area contributed by atoms with Gasteiger partial charge in [-0.05, 0) is 27.1 Å². The van der Waals surface area contributed by atoms with Gasteiger partial charge < -0.3 is 29.5 Å². The number of piperazine rings is 1. The fraction of sp³-hybridized carbons (Fsp3) is 0.600. The van der Waals surface area contributed by atoms with Crippen LogP contribution >= 0.6 is 0 Å². The van der Waals surface area contributed by atoms with Gasteiger partial charge >= 0.3 is 6.09 Å². The van der Waals surface area contributed by atoms with Crippen LogP contribution in [0.15, 0.2) is 29.3 Å². The van der Waals surface area contributed by atoms with Crippen molar-refractivity contribution in [1.82, 2.24) is 20.0 Å². The molecule has 0 aromatic heterocycles. The molecule has 1 unspecified atom stereocenters. The average molecular weight is 392 g/mol. The fourth-order valence-electron chi connectivity index (χ4n) is 3.35. The first-order valence-electron chi connectivity index (χ1n) is 9.68. The maximum absolute atomic E-state index is 11.9. The van der Waals surface area contributed by atoms with Gasteiger partial charge in [0.2, 0.25) is 0 Å². The van der Waals surface area contributed by atoms with Gasteiger partial charge in [0.1, 0.15) is 5.75 Å². The van der Waals surface area contributed by atoms with Crippen LogP contribution in [-0.4, -0.2) is 94.3 Å². The molecule has 0 spiro atoms. The quantitative estimate of drug-likeness (QED) is 0.587. The number of para-hydroxylation sites is 1. The van der Waals surface area contributed by atoms with E-state index in [1.54, 1.807) is 19.1 Å². The molecule has 1 heterocycles. The van der Waals surface area contributed by atoms with E-state index in [1.807, 2.05) is 25.1 Å². The molecule has 1 aliphatic rings. The van der Waals surface area contributed by atoms with Gasteiger partial charge in [0.05, 0.1) is 19.8 Å². The van der Waals surface area contributed by atoms with Gasteiger partial charge in [0, 0.05) is 45.3 Å². The van der Waals surface area contributed by atoms with E-state index in [0.29, 0.717) is 26.2 Å². The summed E-state index contributed by atoms with van der Waals surface area (Å²) in [4.78, 5) is 22.4. The molecule has 0 radical (unpaired) electrons. The van der Waals surface area contributed by atoms with Gasteiger partial charge in [-0.1, -0.05) is 18.2 Å². The van der Waals surface area contributed by atoms with Crippen molar-refractivity contribution in [3.8, 4) is 5.75 Å². The molecule has 1 aromatic rings. The van der Waals surface area contributed by atoms with Crippen molar-refractivity contribution in [2.75, 3.05) is 67.6 Å². The van der Waals surface area contributed by atoms with Crippen LogP contribution in [0, 0.1) is 0 Å². The Labute approximate surface area is 168 Å². The number of aliphatic imine (C=N–C) groups is 1. The van der Waals surface area contributed by atoms with Crippen LogP contribution in [0.25, 0.3) is 0 Å². The van der Waals surface area contributed by atoms with Crippen LogP contribution < -0.4 is 10.1 Å². The predicted molar refractivity (Wildman–Crippen MR) is 111 cm³/mol. The number of nitrogens with one attached hydrogen (secondary N) is 1. The second-order valence-corrected chi connectivity index (χ2v) is 6.82. The lowest BCUT2D eigenvalue weighted by Crippen LogP contribution is -2.54. The summed E-state index contributed by atoms with van der Waals surface area (Å²) in [7, 11) is 7.59. The number of methoxy groups -OCH3 is 1. The number of rotatable bonds is 6. The molecule has 156 valence electrons. The van der Waals surface area contributed by atoms with Crippen molar-refractivity contribution in [3.63, 3.8) is 0 Å². The number of hydrogen-bond acceptors (Lipinski definition) is 5. The summed E-state index contributed by atoms with van der Waals surface area (Å²) in [5.41, 5.74) is 1.13. The zero-order chi connectivity index (χ0) is 20.5. The molecule has 1 atom stereocenters. The number of benzene rings is 1. The lowest BCUT2D eigenvalue weighted by atomic mass is 10.0. The van der Waals surface area contributed by atoms with E-state index in [4.69, 9.17) is 9.47 Å². The summed E-state index contributed by atoms with van der Waals surface area (Å²) in [5.74, 6) is 1.71. The SMILES string of the molecule is CCOC(=O)N1CCN(C(=NC)NCC(c2ccccc2OC)N(C)C)CC1. The van der Waals surface area contributed by atoms with Gasteiger partial charge in [-0.3, -0.25) is 4.99 Å². The average Bonchev–Trinajstić information content (AvgIpc) is 2.71. The zero-order valence-corrected chi connectivity index (χ0v) is 17.6. The molecular weight excluding hydrogens is 358 g/mol. The first kappa shape index (κ1) is 21.8. The lowest BCUT2D eigenvalue weighted by Gasteiger charge is -2.36. The van der Waals surface area contributed by atoms with Crippen LogP contribution in [0.3, 0.4) is 0 Å². The number of hydrogen-bond donors (Lipinski definition) is 1. The normalized spacial score (nSPS) is 16.1. The van der Waals surface area contributed by atoms with Crippen molar-refractivity contribution < 1.29 is 14.3 Å². The molecule has 1 saturated heterocycles. The van der Waals surface area contributed by atoms with Crippen molar-refractivity contribution in [2.24, 2.45) is 4.99 Å². The third-order valence-corrected chi connectivity index (χ3v) is 4.89. The summed E-state index contributed by atoms with van der Waals surface area (Å²) in [6.45, 7) is 5.62. The fourth-order valence-corrected chi connectivity index (χ4v) is 3.35. The lowest BCUT2D eigenvalue weighted by molar-refractivity contribution is 0.0914. The van der Waals surface area contributed by atoms with Crippen LogP contribution in [0.4, 0.5) is 4.79 Å². The summed E-state index contributed by atoms with van der Waals surface area (Å²) >= 11 is 0. The number of likely N-dealkylation sites (N-methyl/N-ethyl adjacent to an activating group) is 1. The molecule has 8 heteroatoms. The van der Waals surface area contributed by atoms with Crippen LogP contribution in [-0.2, 0) is 4.74 Å². The van der Waals surface area contributed by atoms with E-state index >= 15 is 0 Å². The molecule has 0 bridgehead atoms. The number of ether oxygens (including phenoxy) is 2. The summed E-state index contributed by atoms with van der Waals surface area (Å²) in [6.07, 6.45) is -0.242. The highest BCUT2D eigenvalue weighted by molar-refractivity contribution is 5.80. The Morgan fingerprint density at radius 3 is 2.43 bits per heavy atom. The minimum atomic E-state index is -0.242. The molecule has 1 aromatic carbocycles. The standard InChI is InChI=1S/C20H33N5O3/c1-6-28-20(26)25-13-11-24(12-14-25)19(21-2)22-15-17(23(3)4)16-9-7-8-10-18(16)27-5/h7-10,17H,6,11-15H2,1-5H3,(H,21,22). The van der Waals surface area contributed by atoms with Crippen molar-refractivity contribution in [2.45, 2.75) is 13.0 Å². The minimum Gasteiger partial charge on any atom is -0.496 e. The Kier molecular flexibility index (Phi) is 8.38. The second kappa shape index (κ2) is 10.8. The van der Waals surface area contributed by atoms with Crippen molar-refractivity contribution in [3.05, 3.63) is 29.8 Å². The summed E-state index contributed by atoms with van der Waals surface area (Å²) in [6, 6.07) is 8.21. The third kappa shape index (κ3) is 5.51. The molecule has 1 aliphatic heterocycles. The van der Waals surface area contributed by atoms with Crippen LogP contribution in [0.1, 0.15) is 18.5 Å². The number of amides is 1. The molecular formula is C20H33N5O3. The Morgan fingerprint density at radius 2 is 1.86 bits per heavy atom. The Morgan fingerprint density at radius 1 is 1.21 bits per heavy atom. The Balaban J connectivity index is 1.98. The third-order valence-electron chi connectivity index (χ3n) is 4.89. The first-order chi connectivity index (χ1) is 13.5. The number of carbonyl (C=O) groups excluding carboxylic acids is 1. The highest BCUT2D eigenvalue weighted by atomic mass is 16.6. The predicted octanol–water partition coefficient (Wildman–Crippen LogP) is 1.65. The molecule has 0 saturated carbocycles. The van der Waals surface area contributed by atoms with Crippen LogP contribution in [0.5, 0.6) is 5.75 Å². The topological polar surface area (TPSA) is 69.6 Å². The van der Waals surface area contributed by atoms with Crippen molar-refractivity contribution >= 4 is 12.1 Å². The van der Waals surface area contributed by atoms with E-state index in [0.717, 1.165) is 30.4 Å². The summed E-state index contributed by atoms with van der Waals surface area (Å²) < 4.78 is 10.6. The molecule has 1 amide bonds. The Hall–Kier alpha value is -2.48. The largest absolute Gasteiger partial charge is 0.496 e. The van der Waals surface area contributed by atoms with E-state index < -0.39 is 0 Å². The van der Waals surface area contributed by atoms with E-state index in [9.17, 15) is 4.79 Å². The summed E-state index contributed by atoms with van der Waals surface area (Å²) in [5, 5.41) is 3.48. The molecule has 2 rings (SSSR count). The van der Waals surface area contributed by atoms with Gasteiger partial charge in [0.15, 0.2) is 5.96 Å². The molecule has 1 fully saturated rings. The van der Waals surface area contributed by atoms with E-state index in [2.05, 4.69) is 40.3 Å². The number of guanidine groups is 1. The molecule has 28 heavy (non-hydrogen) atoms. The maximum Gasteiger partial charge on any atom is 0.409 e. The highest BCUT2D eigenvalue weighted by Gasteiger charge is 2.25. The monoisotopic (exact) mass is 391 g/mol. The maximum atomic E-state index is 11.9. The van der Waals surface area contributed by atoms with Gasteiger partial charge in [0.25, 0.3) is 0 Å². The number of nitrogens with zero attached hydrogens (tertiary/aromatic N) is 4. The second-order valence-electron chi connectivity index (χ2n) is 6.82. The highest BCUT2D eigenvalue weighted by Crippen LogP contribution is 2.27.